The quantitative estimate of drug-likeness (QED) is 0.881. The summed E-state index contributed by atoms with van der Waals surface area (Å²) in [6, 6.07) is 0. The molecule has 0 radical (unpaired) electrons. The molecule has 0 fully saturated rings. The number of nitrogens with one attached hydrogen (secondary N) is 2. The second-order valence-electron chi connectivity index (χ2n) is 4.80. The largest absolute Gasteiger partial charge is 0.368 e. The van der Waals surface area contributed by atoms with Crippen molar-refractivity contribution >= 4 is 23.3 Å². The number of aryl methyl sites for hydroxylation is 1. The van der Waals surface area contributed by atoms with Crippen LogP contribution in [0.4, 0.5) is 5.82 Å². The highest BCUT2D eigenvalue weighted by molar-refractivity contribution is 6.30. The first kappa shape index (κ1) is 13.8. The van der Waals surface area contributed by atoms with Crippen molar-refractivity contribution in [1.82, 2.24) is 25.1 Å². The lowest BCUT2D eigenvalue weighted by Gasteiger charge is -2.19. The summed E-state index contributed by atoms with van der Waals surface area (Å²) in [6.45, 7) is 3.70. The molecule has 1 aliphatic rings. The van der Waals surface area contributed by atoms with Crippen LogP contribution in [0.1, 0.15) is 21.9 Å². The van der Waals surface area contributed by atoms with Crippen LogP contribution in [0.5, 0.6) is 0 Å². The first-order chi connectivity index (χ1) is 10.1. The van der Waals surface area contributed by atoms with E-state index in [9.17, 15) is 4.79 Å². The van der Waals surface area contributed by atoms with Crippen molar-refractivity contribution < 1.29 is 4.79 Å². The number of rotatable bonds is 4. The van der Waals surface area contributed by atoms with Gasteiger partial charge in [-0.05, 0) is 13.3 Å². The fourth-order valence-corrected chi connectivity index (χ4v) is 2.46. The van der Waals surface area contributed by atoms with Crippen molar-refractivity contribution in [3.8, 4) is 0 Å². The van der Waals surface area contributed by atoms with E-state index in [0.29, 0.717) is 36.2 Å². The smallest absolute Gasteiger partial charge is 0.270 e. The van der Waals surface area contributed by atoms with Gasteiger partial charge in [0, 0.05) is 24.8 Å². The van der Waals surface area contributed by atoms with Gasteiger partial charge in [0.2, 0.25) is 0 Å². The van der Waals surface area contributed by atoms with E-state index >= 15 is 0 Å². The molecule has 2 N–H and O–H groups in total. The lowest BCUT2D eigenvalue weighted by atomic mass is 10.1. The summed E-state index contributed by atoms with van der Waals surface area (Å²) in [5, 5.41) is 10.8. The highest BCUT2D eigenvalue weighted by Gasteiger charge is 2.22. The first-order valence-corrected chi connectivity index (χ1v) is 7.09. The summed E-state index contributed by atoms with van der Waals surface area (Å²) in [6.07, 6.45) is 4.09. The number of halogens is 1. The topological polar surface area (TPSA) is 84.7 Å². The highest BCUT2D eigenvalue weighted by atomic mass is 35.5. The Labute approximate surface area is 126 Å². The van der Waals surface area contributed by atoms with Gasteiger partial charge in [0.25, 0.3) is 5.91 Å². The number of amides is 1. The Morgan fingerprint density at radius 3 is 3.10 bits per heavy atom. The molecule has 0 saturated heterocycles. The van der Waals surface area contributed by atoms with E-state index in [-0.39, 0.29) is 5.91 Å². The summed E-state index contributed by atoms with van der Waals surface area (Å²) in [5.74, 6) is 1.17. The van der Waals surface area contributed by atoms with Gasteiger partial charge in [-0.3, -0.25) is 9.48 Å². The van der Waals surface area contributed by atoms with Crippen LogP contribution in [-0.2, 0) is 13.0 Å². The Bertz CT molecular complexity index is 683. The van der Waals surface area contributed by atoms with E-state index in [1.165, 1.54) is 0 Å². The molecule has 0 unspecified atom stereocenters. The molecule has 21 heavy (non-hydrogen) atoms. The molecule has 2 aromatic rings. The molecule has 0 bridgehead atoms. The number of hydrogen-bond donors (Lipinski definition) is 2. The van der Waals surface area contributed by atoms with Crippen molar-refractivity contribution in [3.05, 3.63) is 34.5 Å². The van der Waals surface area contributed by atoms with Crippen molar-refractivity contribution in [2.45, 2.75) is 19.9 Å². The van der Waals surface area contributed by atoms with E-state index in [1.54, 1.807) is 24.0 Å². The third-order valence-corrected chi connectivity index (χ3v) is 3.42. The van der Waals surface area contributed by atoms with Gasteiger partial charge in [0.15, 0.2) is 0 Å². The number of carbonyl (C=O) groups excluding carboxylic acids is 1. The average molecular weight is 307 g/mol. The molecule has 1 aliphatic heterocycles. The maximum Gasteiger partial charge on any atom is 0.270 e. The second kappa shape index (κ2) is 5.69. The van der Waals surface area contributed by atoms with Crippen LogP contribution in [0.15, 0.2) is 12.4 Å². The molecule has 0 aliphatic carbocycles. The summed E-state index contributed by atoms with van der Waals surface area (Å²) in [4.78, 5) is 20.5. The Morgan fingerprint density at radius 2 is 2.33 bits per heavy atom. The van der Waals surface area contributed by atoms with Crippen molar-refractivity contribution in [3.63, 3.8) is 0 Å². The van der Waals surface area contributed by atoms with Gasteiger partial charge in [-0.25, -0.2) is 9.97 Å². The zero-order valence-corrected chi connectivity index (χ0v) is 12.3. The molecule has 8 heteroatoms. The van der Waals surface area contributed by atoms with E-state index in [1.807, 2.05) is 0 Å². The zero-order valence-electron chi connectivity index (χ0n) is 11.6. The second-order valence-corrected chi connectivity index (χ2v) is 5.24. The van der Waals surface area contributed by atoms with Crippen LogP contribution >= 0.6 is 11.6 Å². The molecule has 2 aromatic heterocycles. The van der Waals surface area contributed by atoms with Crippen LogP contribution < -0.4 is 10.6 Å². The molecule has 7 nitrogen and oxygen atoms in total. The minimum Gasteiger partial charge on any atom is -0.368 e. The summed E-state index contributed by atoms with van der Waals surface area (Å²) < 4.78 is 1.75. The van der Waals surface area contributed by atoms with Gasteiger partial charge >= 0.3 is 0 Å². The monoisotopic (exact) mass is 306 g/mol. The third kappa shape index (κ3) is 2.97. The summed E-state index contributed by atoms with van der Waals surface area (Å²) >= 11 is 5.82. The predicted molar refractivity (Wildman–Crippen MR) is 78.5 cm³/mol. The number of fused-ring (bicyclic) bond motifs is 1. The Balaban J connectivity index is 1.74. The Kier molecular flexibility index (Phi) is 3.74. The maximum absolute atomic E-state index is 11.8. The number of hydrogen-bond acceptors (Lipinski definition) is 5. The molecule has 3 heterocycles. The molecule has 0 aromatic carbocycles. The molecule has 3 rings (SSSR count). The molecular formula is C13H15ClN6O. The minimum absolute atomic E-state index is 0.136. The van der Waals surface area contributed by atoms with E-state index in [4.69, 9.17) is 11.6 Å². The molecule has 0 spiro atoms. The molecule has 1 amide bonds. The number of anilines is 1. The van der Waals surface area contributed by atoms with Crippen LogP contribution in [-0.4, -0.2) is 38.7 Å². The number of aromatic nitrogens is 4. The van der Waals surface area contributed by atoms with Crippen LogP contribution in [0.2, 0.25) is 5.02 Å². The van der Waals surface area contributed by atoms with Gasteiger partial charge in [0.1, 0.15) is 17.3 Å². The average Bonchev–Trinajstić information content (AvgIpc) is 2.86. The molecule has 0 atom stereocenters. The van der Waals surface area contributed by atoms with E-state index in [0.717, 1.165) is 17.8 Å². The first-order valence-electron chi connectivity index (χ1n) is 6.71. The normalized spacial score (nSPS) is 13.7. The van der Waals surface area contributed by atoms with E-state index in [2.05, 4.69) is 25.7 Å². The molecule has 0 saturated carbocycles. The fraction of sp³-hybridized carbons (Fsp3) is 0.385. The number of nitrogens with zero attached hydrogens (tertiary/aromatic N) is 4. The fourth-order valence-electron chi connectivity index (χ4n) is 2.30. The van der Waals surface area contributed by atoms with E-state index < -0.39 is 0 Å². The van der Waals surface area contributed by atoms with Crippen LogP contribution in [0.25, 0.3) is 0 Å². The zero-order chi connectivity index (χ0) is 14.8. The minimum atomic E-state index is -0.136. The lowest BCUT2D eigenvalue weighted by molar-refractivity contribution is 0.0940. The van der Waals surface area contributed by atoms with Gasteiger partial charge < -0.3 is 10.6 Å². The lowest BCUT2D eigenvalue weighted by Crippen LogP contribution is -2.34. The van der Waals surface area contributed by atoms with Crippen LogP contribution in [0, 0.1) is 6.92 Å². The third-order valence-electron chi connectivity index (χ3n) is 3.23. The Morgan fingerprint density at radius 1 is 1.48 bits per heavy atom. The Hall–Kier alpha value is -2.15. The summed E-state index contributed by atoms with van der Waals surface area (Å²) in [5.41, 5.74) is 1.35. The van der Waals surface area contributed by atoms with Crippen LogP contribution in [0.3, 0.4) is 0 Å². The highest BCUT2D eigenvalue weighted by Crippen LogP contribution is 2.20. The van der Waals surface area contributed by atoms with Crippen molar-refractivity contribution in [2.24, 2.45) is 0 Å². The molecule has 110 valence electrons. The number of carbonyl (C=O) groups is 1. The predicted octanol–water partition coefficient (Wildman–Crippen LogP) is 1.03. The van der Waals surface area contributed by atoms with Crippen molar-refractivity contribution in [2.75, 3.05) is 18.4 Å². The maximum atomic E-state index is 11.8. The molecular weight excluding hydrogens is 292 g/mol. The standard InChI is InChI=1S/C13H15ClN6O/c1-8-18-11-10(2-3-16-13(11)21)12(19-8)15-4-5-20-7-9(14)6-17-20/h6-7H,2-5H2,1H3,(H,16,21)(H,15,18,19). The van der Waals surface area contributed by atoms with Gasteiger partial charge in [0.05, 0.1) is 17.8 Å². The SMILES string of the molecule is Cc1nc(NCCn2cc(Cl)cn2)c2c(n1)C(=O)NCC2. The van der Waals surface area contributed by atoms with Gasteiger partial charge in [-0.2, -0.15) is 5.10 Å². The van der Waals surface area contributed by atoms with Crippen molar-refractivity contribution in [1.29, 1.82) is 0 Å². The van der Waals surface area contributed by atoms with Gasteiger partial charge in [-0.15, -0.1) is 0 Å². The summed E-state index contributed by atoms with van der Waals surface area (Å²) in [7, 11) is 0. The van der Waals surface area contributed by atoms with Gasteiger partial charge in [-0.1, -0.05) is 11.6 Å².